The molecule has 26 heavy (non-hydrogen) atoms. The number of ether oxygens (including phenoxy) is 1. The molecular formula is C17H12ClN3O5. The number of amides is 2. The van der Waals surface area contributed by atoms with Crippen LogP contribution >= 0.6 is 11.6 Å². The molecule has 1 saturated heterocycles. The van der Waals surface area contributed by atoms with E-state index in [1.165, 1.54) is 37.5 Å². The molecule has 1 N–H and O–H groups in total. The van der Waals surface area contributed by atoms with Crippen molar-refractivity contribution < 1.29 is 19.2 Å². The van der Waals surface area contributed by atoms with Gasteiger partial charge in [0.1, 0.15) is 11.3 Å². The van der Waals surface area contributed by atoms with E-state index < -0.39 is 16.7 Å². The molecule has 8 nitrogen and oxygen atoms in total. The first-order chi connectivity index (χ1) is 12.4. The fourth-order valence-corrected chi connectivity index (χ4v) is 2.64. The average Bonchev–Trinajstić information content (AvgIpc) is 2.90. The number of hydrazine groups is 1. The van der Waals surface area contributed by atoms with Crippen molar-refractivity contribution in [1.82, 2.24) is 5.43 Å². The van der Waals surface area contributed by atoms with Crippen LogP contribution in [0, 0.1) is 10.1 Å². The van der Waals surface area contributed by atoms with Crippen LogP contribution in [0.2, 0.25) is 5.02 Å². The molecule has 2 aromatic rings. The van der Waals surface area contributed by atoms with Crippen LogP contribution in [0.25, 0.3) is 6.08 Å². The van der Waals surface area contributed by atoms with Crippen LogP contribution in [-0.2, 0) is 9.59 Å². The van der Waals surface area contributed by atoms with Crippen molar-refractivity contribution in [3.05, 3.63) is 68.7 Å². The van der Waals surface area contributed by atoms with Crippen molar-refractivity contribution in [3.8, 4) is 5.75 Å². The lowest BCUT2D eigenvalue weighted by atomic mass is 10.1. The van der Waals surface area contributed by atoms with Gasteiger partial charge in [0.25, 0.3) is 17.5 Å². The lowest BCUT2D eigenvalue weighted by molar-refractivity contribution is -0.384. The molecule has 0 radical (unpaired) electrons. The number of carbonyl (C=O) groups is 2. The molecule has 3 rings (SSSR count). The van der Waals surface area contributed by atoms with Gasteiger partial charge < -0.3 is 4.74 Å². The Balaban J connectivity index is 2.01. The molecule has 2 aromatic carbocycles. The topological polar surface area (TPSA) is 102 Å². The van der Waals surface area contributed by atoms with Gasteiger partial charge in [-0.3, -0.25) is 25.1 Å². The van der Waals surface area contributed by atoms with E-state index in [0.717, 1.165) is 5.01 Å². The van der Waals surface area contributed by atoms with E-state index in [2.05, 4.69) is 5.43 Å². The monoisotopic (exact) mass is 373 g/mol. The summed E-state index contributed by atoms with van der Waals surface area (Å²) in [6.45, 7) is 0. The maximum absolute atomic E-state index is 12.6. The third-order valence-electron chi connectivity index (χ3n) is 3.68. The van der Waals surface area contributed by atoms with Crippen molar-refractivity contribution in [2.24, 2.45) is 0 Å². The molecule has 1 aliphatic heterocycles. The molecule has 0 atom stereocenters. The summed E-state index contributed by atoms with van der Waals surface area (Å²) >= 11 is 5.91. The van der Waals surface area contributed by atoms with E-state index in [0.29, 0.717) is 16.5 Å². The number of rotatable bonds is 4. The number of non-ortho nitro benzene ring substituents is 1. The first kappa shape index (κ1) is 17.4. The first-order valence-corrected chi connectivity index (χ1v) is 7.73. The molecule has 0 bridgehead atoms. The highest BCUT2D eigenvalue weighted by Gasteiger charge is 2.34. The number of nitro groups is 1. The van der Waals surface area contributed by atoms with E-state index in [1.54, 1.807) is 18.2 Å². The van der Waals surface area contributed by atoms with Crippen LogP contribution in [-0.4, -0.2) is 23.8 Å². The van der Waals surface area contributed by atoms with Crippen molar-refractivity contribution in [3.63, 3.8) is 0 Å². The molecule has 0 aromatic heterocycles. The van der Waals surface area contributed by atoms with Gasteiger partial charge in [-0.2, -0.15) is 0 Å². The van der Waals surface area contributed by atoms with Crippen molar-refractivity contribution >= 4 is 40.9 Å². The van der Waals surface area contributed by atoms with Crippen LogP contribution in [0.1, 0.15) is 5.56 Å². The zero-order chi connectivity index (χ0) is 18.8. The molecule has 0 aliphatic carbocycles. The highest BCUT2D eigenvalue weighted by Crippen LogP contribution is 2.29. The molecule has 1 aliphatic rings. The highest BCUT2D eigenvalue weighted by atomic mass is 35.5. The van der Waals surface area contributed by atoms with Crippen molar-refractivity contribution in [2.45, 2.75) is 0 Å². The predicted octanol–water partition coefficient (Wildman–Crippen LogP) is 2.72. The van der Waals surface area contributed by atoms with Gasteiger partial charge in [-0.1, -0.05) is 17.7 Å². The Hall–Kier alpha value is -3.39. The second-order valence-electron chi connectivity index (χ2n) is 5.30. The number of hydrogen-bond donors (Lipinski definition) is 1. The Bertz CT molecular complexity index is 957. The third kappa shape index (κ3) is 3.22. The fourth-order valence-electron chi connectivity index (χ4n) is 2.46. The SMILES string of the molecule is COc1ccc([N+](=O)[O-])cc1/C=C1/C(=O)NN(c2cccc(Cl)c2)C1=O. The molecule has 132 valence electrons. The maximum Gasteiger partial charge on any atom is 0.282 e. The lowest BCUT2D eigenvalue weighted by Gasteiger charge is -2.14. The summed E-state index contributed by atoms with van der Waals surface area (Å²) in [6.07, 6.45) is 1.26. The Morgan fingerprint density at radius 1 is 1.23 bits per heavy atom. The van der Waals surface area contributed by atoms with Gasteiger partial charge in [-0.25, -0.2) is 5.01 Å². The van der Waals surface area contributed by atoms with Crippen molar-refractivity contribution in [1.29, 1.82) is 0 Å². The summed E-state index contributed by atoms with van der Waals surface area (Å²) in [5.41, 5.74) is 2.71. The smallest absolute Gasteiger partial charge is 0.282 e. The van der Waals surface area contributed by atoms with E-state index in [9.17, 15) is 19.7 Å². The molecule has 9 heteroatoms. The largest absolute Gasteiger partial charge is 0.496 e. The first-order valence-electron chi connectivity index (χ1n) is 7.36. The number of nitrogens with one attached hydrogen (secondary N) is 1. The Labute approximate surface area is 152 Å². The van der Waals surface area contributed by atoms with Crippen molar-refractivity contribution in [2.75, 3.05) is 12.1 Å². The van der Waals surface area contributed by atoms with Gasteiger partial charge in [-0.05, 0) is 30.3 Å². The van der Waals surface area contributed by atoms with Crippen LogP contribution < -0.4 is 15.2 Å². The molecule has 0 spiro atoms. The van der Waals surface area contributed by atoms with Gasteiger partial charge in [-0.15, -0.1) is 0 Å². The Kier molecular flexibility index (Phi) is 4.59. The number of halogens is 1. The minimum atomic E-state index is -0.636. The van der Waals surface area contributed by atoms with Gasteiger partial charge >= 0.3 is 0 Å². The summed E-state index contributed by atoms with van der Waals surface area (Å²) in [7, 11) is 1.39. The van der Waals surface area contributed by atoms with Gasteiger partial charge in [0.05, 0.1) is 17.7 Å². The van der Waals surface area contributed by atoms with E-state index in [4.69, 9.17) is 16.3 Å². The van der Waals surface area contributed by atoms with Crippen LogP contribution in [0.15, 0.2) is 48.0 Å². The van der Waals surface area contributed by atoms with E-state index in [-0.39, 0.29) is 16.8 Å². The summed E-state index contributed by atoms with van der Waals surface area (Å²) in [6, 6.07) is 10.3. The summed E-state index contributed by atoms with van der Waals surface area (Å²) in [4.78, 5) is 35.2. The summed E-state index contributed by atoms with van der Waals surface area (Å²) < 4.78 is 5.15. The minimum Gasteiger partial charge on any atom is -0.496 e. The molecule has 1 heterocycles. The number of nitro benzene ring substituents is 1. The van der Waals surface area contributed by atoms with E-state index in [1.807, 2.05) is 0 Å². The molecular weight excluding hydrogens is 362 g/mol. The maximum atomic E-state index is 12.6. The molecule has 0 saturated carbocycles. The second-order valence-corrected chi connectivity index (χ2v) is 5.74. The number of nitrogens with zero attached hydrogens (tertiary/aromatic N) is 2. The zero-order valence-electron chi connectivity index (χ0n) is 13.4. The quantitative estimate of drug-likeness (QED) is 0.384. The summed E-state index contributed by atoms with van der Waals surface area (Å²) in [5, 5.41) is 12.4. The normalized spacial score (nSPS) is 15.3. The second kappa shape index (κ2) is 6.85. The van der Waals surface area contributed by atoms with Gasteiger partial charge in [0, 0.05) is 22.7 Å². The fraction of sp³-hybridized carbons (Fsp3) is 0.0588. The number of benzene rings is 2. The molecule has 0 unspecified atom stereocenters. The number of hydrogen-bond acceptors (Lipinski definition) is 5. The van der Waals surface area contributed by atoms with Gasteiger partial charge in [0.15, 0.2) is 0 Å². The molecule has 2 amide bonds. The standard InChI is InChI=1S/C17H12ClN3O5/c1-26-15-6-5-13(21(24)25)7-10(15)8-14-16(22)19-20(17(14)23)12-4-2-3-11(18)9-12/h2-9H,1H3,(H,19,22)/b14-8-. The molecule has 1 fully saturated rings. The Morgan fingerprint density at radius 2 is 2.00 bits per heavy atom. The minimum absolute atomic E-state index is 0.177. The zero-order valence-corrected chi connectivity index (χ0v) is 14.2. The summed E-state index contributed by atoms with van der Waals surface area (Å²) in [5.74, 6) is -0.945. The van der Waals surface area contributed by atoms with E-state index >= 15 is 0 Å². The Morgan fingerprint density at radius 3 is 2.65 bits per heavy atom. The lowest BCUT2D eigenvalue weighted by Crippen LogP contribution is -2.35. The number of anilines is 1. The van der Waals surface area contributed by atoms with Crippen LogP contribution in [0.3, 0.4) is 0 Å². The average molecular weight is 374 g/mol. The highest BCUT2D eigenvalue weighted by molar-refractivity contribution is 6.33. The number of carbonyl (C=O) groups excluding carboxylic acids is 2. The van der Waals surface area contributed by atoms with Gasteiger partial charge in [0.2, 0.25) is 0 Å². The van der Waals surface area contributed by atoms with Crippen LogP contribution in [0.5, 0.6) is 5.75 Å². The third-order valence-corrected chi connectivity index (χ3v) is 3.92. The predicted molar refractivity (Wildman–Crippen MR) is 94.7 cm³/mol. The van der Waals surface area contributed by atoms with Crippen LogP contribution in [0.4, 0.5) is 11.4 Å². The number of methoxy groups -OCH3 is 1.